The number of carbonyl (C=O) groups is 1. The molecule has 1 aromatic carbocycles. The number of nitrogens with two attached hydrogens (primary N) is 1. The van der Waals surface area contributed by atoms with Gasteiger partial charge in [0.15, 0.2) is 23.8 Å². The third-order valence-electron chi connectivity index (χ3n) is 5.26. The summed E-state index contributed by atoms with van der Waals surface area (Å²) in [4.78, 5) is 35.2. The van der Waals surface area contributed by atoms with Gasteiger partial charge < -0.3 is 25.4 Å². The first-order chi connectivity index (χ1) is 15.4. The van der Waals surface area contributed by atoms with E-state index in [1.54, 1.807) is 31.3 Å². The highest BCUT2D eigenvalue weighted by Crippen LogP contribution is 2.53. The summed E-state index contributed by atoms with van der Waals surface area (Å²) in [6.07, 6.45) is -1.24. The number of hydrogen-bond donors (Lipinski definition) is 3. The Bertz CT molecular complexity index is 1240. The fourth-order valence-corrected chi connectivity index (χ4v) is 4.75. The van der Waals surface area contributed by atoms with E-state index in [9.17, 15) is 14.3 Å². The standard InChI is InChI=1S/C18H19N6O7P/c1-20-10-5-3-2-4-9(10)18(25)30-14-13-11(6-28-32(26,27)31-13)29-17(14)24-8-23-12-15(19)21-7-22-16(12)24/h2-5,7-8,11,13-14,17,20H,6H2,1H3,(H,26,27)(H2,19,21,22)/t11-,13-,14+,17+/m1/s1. The average Bonchev–Trinajstić information content (AvgIpc) is 3.35. The second-order valence-electron chi connectivity index (χ2n) is 7.15. The third kappa shape index (κ3) is 3.49. The third-order valence-corrected chi connectivity index (χ3v) is 6.25. The van der Waals surface area contributed by atoms with Gasteiger partial charge in [-0.15, -0.1) is 0 Å². The largest absolute Gasteiger partial charge is 0.472 e. The number of imidazole rings is 1. The second kappa shape index (κ2) is 7.80. The van der Waals surface area contributed by atoms with E-state index in [0.717, 1.165) is 0 Å². The Kier molecular flexibility index (Phi) is 5.07. The number of phosphoric ester groups is 1. The van der Waals surface area contributed by atoms with E-state index >= 15 is 0 Å². The van der Waals surface area contributed by atoms with Crippen molar-refractivity contribution >= 4 is 36.5 Å². The highest BCUT2D eigenvalue weighted by molar-refractivity contribution is 7.47. The fourth-order valence-electron chi connectivity index (χ4n) is 3.79. The first-order valence-electron chi connectivity index (χ1n) is 9.60. The molecule has 0 saturated carbocycles. The van der Waals surface area contributed by atoms with Crippen molar-refractivity contribution in [3.63, 3.8) is 0 Å². The number of carbonyl (C=O) groups excluding carboxylic acids is 1. The minimum atomic E-state index is -4.34. The molecule has 2 saturated heterocycles. The number of nitrogens with zero attached hydrogens (tertiary/aromatic N) is 4. The number of para-hydroxylation sites is 1. The lowest BCUT2D eigenvalue weighted by Gasteiger charge is -2.29. The van der Waals surface area contributed by atoms with E-state index in [1.807, 2.05) is 0 Å². The van der Waals surface area contributed by atoms with Gasteiger partial charge in [-0.05, 0) is 12.1 Å². The van der Waals surface area contributed by atoms with E-state index in [1.165, 1.54) is 17.2 Å². The maximum absolute atomic E-state index is 13.0. The van der Waals surface area contributed by atoms with Crippen LogP contribution in [0.1, 0.15) is 16.6 Å². The summed E-state index contributed by atoms with van der Waals surface area (Å²) in [5.41, 5.74) is 7.37. The normalized spacial score (nSPS) is 29.6. The van der Waals surface area contributed by atoms with Crippen molar-refractivity contribution in [2.45, 2.75) is 24.5 Å². The predicted molar refractivity (Wildman–Crippen MR) is 109 cm³/mol. The summed E-state index contributed by atoms with van der Waals surface area (Å²) in [7, 11) is -2.66. The molecule has 2 fully saturated rings. The van der Waals surface area contributed by atoms with Crippen LogP contribution in [0.3, 0.4) is 0 Å². The molecule has 4 heterocycles. The van der Waals surface area contributed by atoms with E-state index in [4.69, 9.17) is 24.3 Å². The van der Waals surface area contributed by atoms with Crippen LogP contribution in [0.5, 0.6) is 0 Å². The van der Waals surface area contributed by atoms with Crippen LogP contribution < -0.4 is 11.1 Å². The summed E-state index contributed by atoms with van der Waals surface area (Å²) < 4.78 is 35.5. The zero-order valence-electron chi connectivity index (χ0n) is 16.7. The number of nitrogen functional groups attached to an aromatic ring is 1. The fraction of sp³-hybridized carbons (Fsp3) is 0.333. The molecule has 3 aromatic rings. The lowest BCUT2D eigenvalue weighted by atomic mass is 10.1. The quantitative estimate of drug-likeness (QED) is 0.373. The Morgan fingerprint density at radius 1 is 1.34 bits per heavy atom. The first-order valence-corrected chi connectivity index (χ1v) is 11.1. The molecule has 0 aliphatic carbocycles. The smallest absolute Gasteiger partial charge is 0.451 e. The lowest BCUT2D eigenvalue weighted by molar-refractivity contribution is -0.0666. The van der Waals surface area contributed by atoms with Gasteiger partial charge in [-0.25, -0.2) is 24.3 Å². The van der Waals surface area contributed by atoms with Crippen LogP contribution in [-0.4, -0.2) is 62.3 Å². The molecule has 14 heteroatoms. The number of hydrogen-bond acceptors (Lipinski definition) is 11. The van der Waals surface area contributed by atoms with Crippen molar-refractivity contribution in [3.05, 3.63) is 42.5 Å². The molecule has 2 aliphatic heterocycles. The topological polar surface area (TPSA) is 173 Å². The van der Waals surface area contributed by atoms with E-state index in [0.29, 0.717) is 16.9 Å². The van der Waals surface area contributed by atoms with Crippen molar-refractivity contribution in [2.24, 2.45) is 0 Å². The maximum Gasteiger partial charge on any atom is 0.472 e. The summed E-state index contributed by atoms with van der Waals surface area (Å²) in [6, 6.07) is 6.78. The molecule has 0 spiro atoms. The molecule has 4 N–H and O–H groups in total. The second-order valence-corrected chi connectivity index (χ2v) is 8.55. The molecule has 0 bridgehead atoms. The van der Waals surface area contributed by atoms with Crippen molar-refractivity contribution in [1.29, 1.82) is 0 Å². The number of ether oxygens (including phenoxy) is 2. The van der Waals surface area contributed by atoms with Crippen LogP contribution in [0.4, 0.5) is 11.5 Å². The van der Waals surface area contributed by atoms with Crippen molar-refractivity contribution in [2.75, 3.05) is 24.7 Å². The maximum atomic E-state index is 13.0. The van der Waals surface area contributed by atoms with Gasteiger partial charge in [0, 0.05) is 12.7 Å². The van der Waals surface area contributed by atoms with Gasteiger partial charge in [0.05, 0.1) is 18.5 Å². The van der Waals surface area contributed by atoms with Gasteiger partial charge in [0.2, 0.25) is 0 Å². The zero-order valence-corrected chi connectivity index (χ0v) is 17.6. The molecule has 1 unspecified atom stereocenters. The van der Waals surface area contributed by atoms with Crippen molar-refractivity contribution < 1.29 is 32.8 Å². The monoisotopic (exact) mass is 462 g/mol. The predicted octanol–water partition coefficient (Wildman–Crippen LogP) is 1.09. The van der Waals surface area contributed by atoms with Crippen LogP contribution in [0, 0.1) is 0 Å². The molecule has 0 amide bonds. The van der Waals surface area contributed by atoms with E-state index in [-0.39, 0.29) is 18.0 Å². The summed E-state index contributed by atoms with van der Waals surface area (Å²) in [5.74, 6) is -0.504. The summed E-state index contributed by atoms with van der Waals surface area (Å²) in [5, 5.41) is 2.93. The van der Waals surface area contributed by atoms with Crippen LogP contribution in [0.2, 0.25) is 0 Å². The number of nitrogens with one attached hydrogen (secondary N) is 1. The summed E-state index contributed by atoms with van der Waals surface area (Å²) in [6.45, 7) is -0.222. The van der Waals surface area contributed by atoms with Gasteiger partial charge in [0.25, 0.3) is 0 Å². The summed E-state index contributed by atoms with van der Waals surface area (Å²) >= 11 is 0. The number of esters is 1. The Balaban J connectivity index is 1.54. The molecule has 5 rings (SSSR count). The molecule has 5 atom stereocenters. The number of fused-ring (bicyclic) bond motifs is 2. The lowest BCUT2D eigenvalue weighted by Crippen LogP contribution is -2.41. The van der Waals surface area contributed by atoms with Crippen LogP contribution >= 0.6 is 7.82 Å². The van der Waals surface area contributed by atoms with Gasteiger partial charge in [0.1, 0.15) is 24.1 Å². The molecule has 13 nitrogen and oxygen atoms in total. The number of phosphoric acid groups is 1. The Labute approximate surface area is 181 Å². The SMILES string of the molecule is CNc1ccccc1C(=O)O[C@H]1[C@@H]2OP(=O)(O)OC[C@H]2O[C@@H]1n1cnc2c(N)ncnc21. The van der Waals surface area contributed by atoms with Crippen LogP contribution in [-0.2, 0) is 23.1 Å². The number of anilines is 2. The average molecular weight is 462 g/mol. The Morgan fingerprint density at radius 3 is 2.97 bits per heavy atom. The number of aromatic nitrogens is 4. The number of rotatable bonds is 4. The van der Waals surface area contributed by atoms with Gasteiger partial charge >= 0.3 is 13.8 Å². The number of benzene rings is 1. The highest BCUT2D eigenvalue weighted by Gasteiger charge is 2.55. The molecular weight excluding hydrogens is 443 g/mol. The van der Waals surface area contributed by atoms with E-state index < -0.39 is 38.3 Å². The molecule has 2 aromatic heterocycles. The van der Waals surface area contributed by atoms with Gasteiger partial charge in [-0.1, -0.05) is 12.1 Å². The minimum Gasteiger partial charge on any atom is -0.451 e. The first kappa shape index (κ1) is 20.8. The Morgan fingerprint density at radius 2 is 2.16 bits per heavy atom. The minimum absolute atomic E-state index is 0.167. The molecule has 0 radical (unpaired) electrons. The van der Waals surface area contributed by atoms with Gasteiger partial charge in [-0.2, -0.15) is 0 Å². The molecular formula is C18H19N6O7P. The van der Waals surface area contributed by atoms with Crippen molar-refractivity contribution in [1.82, 2.24) is 19.5 Å². The zero-order chi connectivity index (χ0) is 22.5. The van der Waals surface area contributed by atoms with Crippen molar-refractivity contribution in [3.8, 4) is 0 Å². The molecule has 2 aliphatic rings. The Hall–Kier alpha value is -3.09. The van der Waals surface area contributed by atoms with Crippen LogP contribution in [0.25, 0.3) is 11.2 Å². The molecule has 168 valence electrons. The molecule has 32 heavy (non-hydrogen) atoms. The van der Waals surface area contributed by atoms with Gasteiger partial charge in [-0.3, -0.25) is 13.6 Å². The van der Waals surface area contributed by atoms with E-state index in [2.05, 4.69) is 20.3 Å². The highest BCUT2D eigenvalue weighted by atomic mass is 31.2. The van der Waals surface area contributed by atoms with Crippen LogP contribution in [0.15, 0.2) is 36.9 Å².